The number of benzene rings is 1. The maximum Gasteiger partial charge on any atom is 0.262 e. The van der Waals surface area contributed by atoms with Gasteiger partial charge in [-0.3, -0.25) is 9.82 Å². The minimum Gasteiger partial charge on any atom is -0.392 e. The molecule has 0 saturated carbocycles. The summed E-state index contributed by atoms with van der Waals surface area (Å²) < 4.78 is 27.4. The monoisotopic (exact) mass is 309 g/mol. The number of aromatic amines is 1. The largest absolute Gasteiger partial charge is 0.392 e. The highest BCUT2D eigenvalue weighted by Gasteiger charge is 2.19. The summed E-state index contributed by atoms with van der Waals surface area (Å²) in [5, 5.41) is 16.1. The molecule has 0 aliphatic heterocycles. The van der Waals surface area contributed by atoms with Crippen molar-refractivity contribution in [3.63, 3.8) is 0 Å². The number of aliphatic hydroxyl groups is 1. The number of sulfonamides is 1. The van der Waals surface area contributed by atoms with E-state index in [1.165, 1.54) is 6.07 Å². The van der Waals surface area contributed by atoms with Crippen molar-refractivity contribution in [2.24, 2.45) is 0 Å². The summed E-state index contributed by atoms with van der Waals surface area (Å²) in [7, 11) is -3.71. The van der Waals surface area contributed by atoms with E-state index in [1.54, 1.807) is 26.0 Å². The Morgan fingerprint density at radius 2 is 2.00 bits per heavy atom. The third-order valence-corrected chi connectivity index (χ3v) is 4.75. The SMILES string of the molecule is CCc1ccc(S(=O)(=O)Nc2c(C)n[nH]c2C)cc1CO. The molecule has 1 aromatic carbocycles. The number of anilines is 1. The lowest BCUT2D eigenvalue weighted by molar-refractivity contribution is 0.280. The van der Waals surface area contributed by atoms with Crippen LogP contribution in [0.5, 0.6) is 0 Å². The van der Waals surface area contributed by atoms with Crippen LogP contribution in [0.25, 0.3) is 0 Å². The molecular formula is C14H19N3O3S. The van der Waals surface area contributed by atoms with E-state index in [0.717, 1.165) is 12.0 Å². The third kappa shape index (κ3) is 3.08. The molecule has 0 atom stereocenters. The molecule has 0 aliphatic carbocycles. The zero-order valence-electron chi connectivity index (χ0n) is 12.3. The molecule has 3 N–H and O–H groups in total. The van der Waals surface area contributed by atoms with Crippen LogP contribution in [0.2, 0.25) is 0 Å². The summed E-state index contributed by atoms with van der Waals surface area (Å²) in [6, 6.07) is 4.78. The Morgan fingerprint density at radius 1 is 1.29 bits per heavy atom. The van der Waals surface area contributed by atoms with Gasteiger partial charge in [0.1, 0.15) is 0 Å². The van der Waals surface area contributed by atoms with E-state index in [0.29, 0.717) is 22.6 Å². The molecule has 21 heavy (non-hydrogen) atoms. The second kappa shape index (κ2) is 5.87. The van der Waals surface area contributed by atoms with Gasteiger partial charge in [-0.1, -0.05) is 13.0 Å². The Morgan fingerprint density at radius 3 is 2.52 bits per heavy atom. The topological polar surface area (TPSA) is 95.1 Å². The van der Waals surface area contributed by atoms with Gasteiger partial charge in [0.2, 0.25) is 0 Å². The lowest BCUT2D eigenvalue weighted by atomic mass is 10.1. The fourth-order valence-corrected chi connectivity index (χ4v) is 3.39. The predicted octanol–water partition coefficient (Wildman–Crippen LogP) is 1.88. The lowest BCUT2D eigenvalue weighted by Crippen LogP contribution is -2.14. The van der Waals surface area contributed by atoms with Gasteiger partial charge in [-0.05, 0) is 43.5 Å². The zero-order chi connectivity index (χ0) is 15.6. The zero-order valence-corrected chi connectivity index (χ0v) is 13.1. The van der Waals surface area contributed by atoms with E-state index in [4.69, 9.17) is 0 Å². The number of aliphatic hydroxyl groups excluding tert-OH is 1. The predicted molar refractivity (Wildman–Crippen MR) is 80.6 cm³/mol. The molecule has 0 amide bonds. The van der Waals surface area contributed by atoms with Gasteiger partial charge in [0.05, 0.1) is 28.6 Å². The van der Waals surface area contributed by atoms with Crippen molar-refractivity contribution in [2.75, 3.05) is 4.72 Å². The van der Waals surface area contributed by atoms with Crippen LogP contribution in [0.3, 0.4) is 0 Å². The maximum atomic E-state index is 12.4. The van der Waals surface area contributed by atoms with Crippen LogP contribution >= 0.6 is 0 Å². The van der Waals surface area contributed by atoms with Crippen LogP contribution in [0.15, 0.2) is 23.1 Å². The van der Waals surface area contributed by atoms with Gasteiger partial charge in [-0.2, -0.15) is 5.10 Å². The number of nitrogens with one attached hydrogen (secondary N) is 2. The molecule has 1 heterocycles. The number of nitrogens with zero attached hydrogens (tertiary/aromatic N) is 1. The summed E-state index contributed by atoms with van der Waals surface area (Å²) in [4.78, 5) is 0.128. The maximum absolute atomic E-state index is 12.4. The smallest absolute Gasteiger partial charge is 0.262 e. The molecule has 1 aromatic heterocycles. The standard InChI is InChI=1S/C14H19N3O3S/c1-4-11-5-6-13(7-12(11)8-18)21(19,20)17-14-9(2)15-16-10(14)3/h5-7,17-18H,4,8H2,1-3H3,(H,15,16). The quantitative estimate of drug-likeness (QED) is 0.786. The van der Waals surface area contributed by atoms with Crippen LogP contribution < -0.4 is 4.72 Å². The van der Waals surface area contributed by atoms with Gasteiger partial charge in [0.25, 0.3) is 10.0 Å². The molecule has 6 nitrogen and oxygen atoms in total. The Labute approximate surface area is 124 Å². The molecule has 2 rings (SSSR count). The van der Waals surface area contributed by atoms with E-state index >= 15 is 0 Å². The van der Waals surface area contributed by atoms with Crippen molar-refractivity contribution in [3.8, 4) is 0 Å². The van der Waals surface area contributed by atoms with Crippen LogP contribution in [0, 0.1) is 13.8 Å². The van der Waals surface area contributed by atoms with Gasteiger partial charge >= 0.3 is 0 Å². The summed E-state index contributed by atoms with van der Waals surface area (Å²) in [5.41, 5.74) is 3.26. The van der Waals surface area contributed by atoms with Crippen LogP contribution in [0.1, 0.15) is 29.4 Å². The number of hydrogen-bond donors (Lipinski definition) is 3. The fraction of sp³-hybridized carbons (Fsp3) is 0.357. The first-order valence-corrected chi connectivity index (χ1v) is 8.14. The average molecular weight is 309 g/mol. The van der Waals surface area contributed by atoms with E-state index in [-0.39, 0.29) is 11.5 Å². The van der Waals surface area contributed by atoms with Crippen molar-refractivity contribution < 1.29 is 13.5 Å². The van der Waals surface area contributed by atoms with E-state index in [1.807, 2.05) is 6.92 Å². The normalized spacial score (nSPS) is 11.6. The Bertz CT molecular complexity index is 731. The molecule has 114 valence electrons. The Balaban J connectivity index is 2.40. The number of rotatable bonds is 5. The third-order valence-electron chi connectivity index (χ3n) is 3.40. The van der Waals surface area contributed by atoms with E-state index < -0.39 is 10.0 Å². The van der Waals surface area contributed by atoms with Crippen molar-refractivity contribution in [1.29, 1.82) is 0 Å². The molecule has 0 radical (unpaired) electrons. The summed E-state index contributed by atoms with van der Waals surface area (Å²) in [6.07, 6.45) is 0.740. The second-order valence-corrected chi connectivity index (χ2v) is 6.54. The Hall–Kier alpha value is -1.86. The first kappa shape index (κ1) is 15.5. The number of aryl methyl sites for hydroxylation is 3. The van der Waals surface area contributed by atoms with E-state index in [2.05, 4.69) is 14.9 Å². The lowest BCUT2D eigenvalue weighted by Gasteiger charge is -2.11. The minimum atomic E-state index is -3.71. The van der Waals surface area contributed by atoms with Gasteiger partial charge in [-0.15, -0.1) is 0 Å². The second-order valence-electron chi connectivity index (χ2n) is 4.86. The summed E-state index contributed by atoms with van der Waals surface area (Å²) >= 11 is 0. The minimum absolute atomic E-state index is 0.128. The Kier molecular flexibility index (Phi) is 4.34. The van der Waals surface area contributed by atoms with Gasteiger partial charge in [-0.25, -0.2) is 8.42 Å². The van der Waals surface area contributed by atoms with Gasteiger partial charge in [0.15, 0.2) is 0 Å². The highest BCUT2D eigenvalue weighted by Crippen LogP contribution is 2.23. The highest BCUT2D eigenvalue weighted by molar-refractivity contribution is 7.92. The van der Waals surface area contributed by atoms with Crippen molar-refractivity contribution in [3.05, 3.63) is 40.7 Å². The fourth-order valence-electron chi connectivity index (χ4n) is 2.16. The van der Waals surface area contributed by atoms with E-state index in [9.17, 15) is 13.5 Å². The van der Waals surface area contributed by atoms with Crippen molar-refractivity contribution in [2.45, 2.75) is 38.7 Å². The number of H-pyrrole nitrogens is 1. The number of aromatic nitrogens is 2. The molecule has 0 bridgehead atoms. The van der Waals surface area contributed by atoms with Gasteiger partial charge < -0.3 is 5.11 Å². The highest BCUT2D eigenvalue weighted by atomic mass is 32.2. The van der Waals surface area contributed by atoms with Crippen molar-refractivity contribution in [1.82, 2.24) is 10.2 Å². The summed E-state index contributed by atoms with van der Waals surface area (Å²) in [6.45, 7) is 5.24. The average Bonchev–Trinajstić information content (AvgIpc) is 2.78. The molecule has 0 unspecified atom stereocenters. The van der Waals surface area contributed by atoms with Crippen LogP contribution in [0.4, 0.5) is 5.69 Å². The van der Waals surface area contributed by atoms with Crippen molar-refractivity contribution >= 4 is 15.7 Å². The molecule has 7 heteroatoms. The van der Waals surface area contributed by atoms with Crippen LogP contribution in [-0.2, 0) is 23.1 Å². The molecule has 0 saturated heterocycles. The summed E-state index contributed by atoms with van der Waals surface area (Å²) in [5.74, 6) is 0. The first-order valence-electron chi connectivity index (χ1n) is 6.66. The molecule has 2 aromatic rings. The molecule has 0 aliphatic rings. The van der Waals surface area contributed by atoms with Crippen LogP contribution in [-0.4, -0.2) is 23.7 Å². The molecular weight excluding hydrogens is 290 g/mol. The first-order chi connectivity index (χ1) is 9.89. The van der Waals surface area contributed by atoms with Gasteiger partial charge in [0, 0.05) is 0 Å². The molecule has 0 fully saturated rings. The number of hydrogen-bond acceptors (Lipinski definition) is 4. The molecule has 0 spiro atoms.